The van der Waals surface area contributed by atoms with Gasteiger partial charge in [0.2, 0.25) is 11.9 Å². The van der Waals surface area contributed by atoms with Gasteiger partial charge in [-0.15, -0.1) is 3.89 Å². The molecular weight excluding hydrogens is 579 g/mol. The maximum Gasteiger partial charge on any atom is 0.332 e. The number of aliphatic imine (C=N–C) groups is 2. The van der Waals surface area contributed by atoms with Gasteiger partial charge in [0, 0.05) is 11.3 Å². The molecule has 3 rings (SSSR count). The Morgan fingerprint density at radius 2 is 1.82 bits per heavy atom. The van der Waals surface area contributed by atoms with E-state index >= 15 is 0 Å². The summed E-state index contributed by atoms with van der Waals surface area (Å²) >= 11 is 6.34. The molecule has 0 unspecified atom stereocenters. The molecule has 1 aliphatic heterocycles. The van der Waals surface area contributed by atoms with Gasteiger partial charge in [-0.1, -0.05) is 17.7 Å². The van der Waals surface area contributed by atoms with Crippen molar-refractivity contribution in [3.63, 3.8) is 0 Å². The standard InChI is InChI=1S/C20H22ClFN6O4S.C2H6O3S/c1-20(2)27-18(23)26-19(24)28(20)13-6-7-16(15(21)11-13)32-9-8-25-17(29)12-4-3-5-14(10-12)33(22,30)31;1-2-6(3,4)5/h3-7,10-11H,8-9H2,1-2H3,(H,25,29)(H4,23,24,26,27);2H2,1H3,(H,3,4,5). The lowest BCUT2D eigenvalue weighted by molar-refractivity contribution is 0.0946. The van der Waals surface area contributed by atoms with Crippen molar-refractivity contribution in [1.82, 2.24) is 5.32 Å². The molecule has 0 bridgehead atoms. The zero-order valence-electron chi connectivity index (χ0n) is 21.1. The molecule has 6 N–H and O–H groups in total. The first kappa shape index (κ1) is 31.7. The number of nitrogens with one attached hydrogen (secondary N) is 1. The lowest BCUT2D eigenvalue weighted by Crippen LogP contribution is -2.54. The van der Waals surface area contributed by atoms with Gasteiger partial charge in [0.05, 0.1) is 22.2 Å². The number of ether oxygens (including phenoxy) is 1. The average molecular weight is 607 g/mol. The molecule has 0 aromatic heterocycles. The number of rotatable bonds is 8. The summed E-state index contributed by atoms with van der Waals surface area (Å²) in [6.07, 6.45) is 0. The van der Waals surface area contributed by atoms with Crippen LogP contribution in [0.15, 0.2) is 57.3 Å². The third-order valence-electron chi connectivity index (χ3n) is 4.95. The molecular formula is C22H28ClFN6O7S2. The number of carbonyl (C=O) groups is 1. The highest BCUT2D eigenvalue weighted by Crippen LogP contribution is 2.33. The average Bonchev–Trinajstić information content (AvgIpc) is 2.81. The van der Waals surface area contributed by atoms with Crippen molar-refractivity contribution in [3.05, 3.63) is 53.1 Å². The molecule has 0 spiro atoms. The van der Waals surface area contributed by atoms with Gasteiger partial charge >= 0.3 is 10.2 Å². The predicted molar refractivity (Wildman–Crippen MR) is 146 cm³/mol. The molecule has 0 radical (unpaired) electrons. The molecule has 2 aromatic rings. The van der Waals surface area contributed by atoms with Gasteiger partial charge in [-0.05, 0) is 57.2 Å². The molecule has 17 heteroatoms. The van der Waals surface area contributed by atoms with Crippen LogP contribution in [-0.2, 0) is 20.3 Å². The number of hydrogen-bond acceptors (Lipinski definition) is 11. The second kappa shape index (κ2) is 12.6. The summed E-state index contributed by atoms with van der Waals surface area (Å²) in [5.41, 5.74) is 11.6. The zero-order valence-corrected chi connectivity index (χ0v) is 23.5. The van der Waals surface area contributed by atoms with E-state index in [1.54, 1.807) is 23.1 Å². The largest absolute Gasteiger partial charge is 0.490 e. The third-order valence-corrected chi connectivity index (χ3v) is 6.80. The summed E-state index contributed by atoms with van der Waals surface area (Å²) in [5.74, 6) is -0.155. The molecule has 0 fully saturated rings. The van der Waals surface area contributed by atoms with Gasteiger partial charge in [-0.3, -0.25) is 14.2 Å². The minimum atomic E-state index is -4.90. The fourth-order valence-corrected chi connectivity index (χ4v) is 3.95. The van der Waals surface area contributed by atoms with E-state index in [-0.39, 0.29) is 36.4 Å². The number of carbonyl (C=O) groups excluding carboxylic acids is 1. The van der Waals surface area contributed by atoms with Crippen LogP contribution in [0.25, 0.3) is 0 Å². The number of halogens is 2. The van der Waals surface area contributed by atoms with Crippen molar-refractivity contribution in [3.8, 4) is 5.75 Å². The minimum absolute atomic E-state index is 0.00260. The normalized spacial score (nSPS) is 14.9. The first-order valence-corrected chi connectivity index (χ1v) is 14.5. The molecule has 1 heterocycles. The van der Waals surface area contributed by atoms with Crippen molar-refractivity contribution in [2.24, 2.45) is 21.5 Å². The minimum Gasteiger partial charge on any atom is -0.490 e. The number of anilines is 1. The number of benzene rings is 2. The molecule has 214 valence electrons. The Labute approximate surface area is 230 Å². The Kier molecular flexibility index (Phi) is 10.2. The SMILES string of the molecule is CC1(C)N=C(N)N=C(N)N1c1ccc(OCCNC(=O)c2cccc(S(=O)(=O)F)c2)c(Cl)c1.CCS(=O)(=O)O. The van der Waals surface area contributed by atoms with E-state index in [2.05, 4.69) is 15.3 Å². The molecule has 39 heavy (non-hydrogen) atoms. The summed E-state index contributed by atoms with van der Waals surface area (Å²) in [6, 6.07) is 9.67. The van der Waals surface area contributed by atoms with Crippen molar-refractivity contribution < 1.29 is 34.8 Å². The van der Waals surface area contributed by atoms with Gasteiger partial charge in [0.15, 0.2) is 0 Å². The van der Waals surface area contributed by atoms with Gasteiger partial charge in [0.1, 0.15) is 18.0 Å². The number of nitrogens with zero attached hydrogens (tertiary/aromatic N) is 3. The number of nitrogens with two attached hydrogens (primary N) is 2. The van der Waals surface area contributed by atoms with Crippen molar-refractivity contribution in [2.45, 2.75) is 31.3 Å². The third kappa shape index (κ3) is 9.35. The van der Waals surface area contributed by atoms with Crippen LogP contribution in [-0.4, -0.2) is 63.8 Å². The van der Waals surface area contributed by atoms with Crippen molar-refractivity contribution in [1.29, 1.82) is 0 Å². The number of hydrogen-bond donors (Lipinski definition) is 4. The van der Waals surface area contributed by atoms with Gasteiger partial charge in [-0.25, -0.2) is 4.99 Å². The molecule has 1 amide bonds. The molecule has 13 nitrogen and oxygen atoms in total. The Balaban J connectivity index is 0.000000798. The van der Waals surface area contributed by atoms with E-state index in [9.17, 15) is 25.5 Å². The fraction of sp³-hybridized carbons (Fsp3) is 0.318. The first-order chi connectivity index (χ1) is 17.9. The van der Waals surface area contributed by atoms with Gasteiger partial charge in [0.25, 0.3) is 16.0 Å². The van der Waals surface area contributed by atoms with E-state index in [0.29, 0.717) is 16.5 Å². The van der Waals surface area contributed by atoms with Crippen LogP contribution in [0.5, 0.6) is 5.75 Å². The van der Waals surface area contributed by atoms with E-state index in [4.69, 9.17) is 32.4 Å². The Morgan fingerprint density at radius 3 is 2.36 bits per heavy atom. The summed E-state index contributed by atoms with van der Waals surface area (Å²) in [6.45, 7) is 5.18. The maximum absolute atomic E-state index is 13.1. The Hall–Kier alpha value is -3.47. The van der Waals surface area contributed by atoms with E-state index in [1.165, 1.54) is 19.1 Å². The van der Waals surface area contributed by atoms with Crippen LogP contribution < -0.4 is 26.4 Å². The van der Waals surface area contributed by atoms with Crippen LogP contribution in [0, 0.1) is 0 Å². The Bertz CT molecular complexity index is 1500. The fourth-order valence-electron chi connectivity index (χ4n) is 3.21. The highest BCUT2D eigenvalue weighted by Gasteiger charge is 2.33. The monoisotopic (exact) mass is 606 g/mol. The summed E-state index contributed by atoms with van der Waals surface area (Å²) < 4.78 is 67.6. The van der Waals surface area contributed by atoms with Crippen LogP contribution in [0.2, 0.25) is 5.02 Å². The van der Waals surface area contributed by atoms with E-state index in [0.717, 1.165) is 12.1 Å². The number of guanidine groups is 2. The number of amides is 1. The van der Waals surface area contributed by atoms with Crippen molar-refractivity contribution in [2.75, 3.05) is 23.8 Å². The lowest BCUT2D eigenvalue weighted by atomic mass is 10.1. The second-order valence-corrected chi connectivity index (χ2v) is 11.8. The van der Waals surface area contributed by atoms with Crippen LogP contribution >= 0.6 is 11.6 Å². The maximum atomic E-state index is 13.1. The van der Waals surface area contributed by atoms with Crippen molar-refractivity contribution >= 4 is 55.5 Å². The van der Waals surface area contributed by atoms with Crippen LogP contribution in [0.4, 0.5) is 9.57 Å². The smallest absolute Gasteiger partial charge is 0.332 e. The Morgan fingerprint density at radius 1 is 1.18 bits per heavy atom. The summed E-state index contributed by atoms with van der Waals surface area (Å²) in [5, 5.41) is 2.86. The molecule has 0 aliphatic carbocycles. The highest BCUT2D eigenvalue weighted by atomic mass is 35.5. The second-order valence-electron chi connectivity index (χ2n) is 8.33. The molecule has 0 saturated carbocycles. The molecule has 0 atom stereocenters. The molecule has 2 aromatic carbocycles. The first-order valence-electron chi connectivity index (χ1n) is 11.1. The van der Waals surface area contributed by atoms with Gasteiger partial charge < -0.3 is 21.5 Å². The zero-order chi connectivity index (χ0) is 29.6. The van der Waals surface area contributed by atoms with E-state index in [1.807, 2.05) is 13.8 Å². The molecule has 1 aliphatic rings. The molecule has 0 saturated heterocycles. The summed E-state index contributed by atoms with van der Waals surface area (Å²) in [7, 11) is -8.56. The van der Waals surface area contributed by atoms with E-state index < -0.39 is 36.8 Å². The van der Waals surface area contributed by atoms with Gasteiger partial charge in [-0.2, -0.15) is 21.8 Å². The quantitative estimate of drug-likeness (QED) is 0.195. The van der Waals surface area contributed by atoms with Crippen LogP contribution in [0.3, 0.4) is 0 Å². The summed E-state index contributed by atoms with van der Waals surface area (Å²) in [4.78, 5) is 21.5. The highest BCUT2D eigenvalue weighted by molar-refractivity contribution is 7.86. The predicted octanol–water partition coefficient (Wildman–Crippen LogP) is 1.89. The topological polar surface area (TPSA) is 207 Å². The van der Waals surface area contributed by atoms with Crippen LogP contribution in [0.1, 0.15) is 31.1 Å². The lowest BCUT2D eigenvalue weighted by Gasteiger charge is -2.38.